The Bertz CT molecular complexity index is 1350. The molecule has 0 bridgehead atoms. The zero-order valence-corrected chi connectivity index (χ0v) is 23.8. The van der Waals surface area contributed by atoms with Gasteiger partial charge in [-0.3, -0.25) is 13.9 Å². The first-order chi connectivity index (χ1) is 17.5. The third-order valence-electron chi connectivity index (χ3n) is 6.31. The Kier molecular flexibility index (Phi) is 9.50. The van der Waals surface area contributed by atoms with Gasteiger partial charge in [-0.15, -0.1) is 0 Å². The molecule has 0 unspecified atom stereocenters. The van der Waals surface area contributed by atoms with Crippen molar-refractivity contribution in [2.45, 2.75) is 32.9 Å². The normalized spacial score (nSPS) is 12.0. The SMILES string of the molecule is CNC(=O)[C@H](Cc1ccccc1)N(Cc1ccc(Br)cc1)C(=O)CN(c1cccc(C)c1C)S(C)(=O)=O. The van der Waals surface area contributed by atoms with Crippen LogP contribution in [0.25, 0.3) is 0 Å². The van der Waals surface area contributed by atoms with Crippen LogP contribution in [-0.4, -0.2) is 51.0 Å². The van der Waals surface area contributed by atoms with E-state index in [0.717, 1.165) is 37.3 Å². The van der Waals surface area contributed by atoms with Gasteiger partial charge < -0.3 is 10.2 Å². The fourth-order valence-corrected chi connectivity index (χ4v) is 5.27. The minimum absolute atomic E-state index is 0.140. The van der Waals surface area contributed by atoms with Gasteiger partial charge in [-0.1, -0.05) is 70.5 Å². The number of nitrogens with one attached hydrogen (secondary N) is 1. The molecule has 9 heteroatoms. The Morgan fingerprint density at radius 1 is 0.919 bits per heavy atom. The lowest BCUT2D eigenvalue weighted by Crippen LogP contribution is -2.53. The van der Waals surface area contributed by atoms with Crippen molar-refractivity contribution < 1.29 is 18.0 Å². The fourth-order valence-electron chi connectivity index (χ4n) is 4.11. The van der Waals surface area contributed by atoms with Gasteiger partial charge in [0.25, 0.3) is 0 Å². The molecule has 0 aliphatic carbocycles. The van der Waals surface area contributed by atoms with Crippen molar-refractivity contribution in [3.05, 3.63) is 99.5 Å². The monoisotopic (exact) mass is 585 g/mol. The quantitative estimate of drug-likeness (QED) is 0.386. The summed E-state index contributed by atoms with van der Waals surface area (Å²) in [4.78, 5) is 28.5. The summed E-state index contributed by atoms with van der Waals surface area (Å²) in [7, 11) is -2.27. The number of carbonyl (C=O) groups is 2. The van der Waals surface area contributed by atoms with Gasteiger partial charge in [-0.25, -0.2) is 8.42 Å². The number of halogens is 1. The average molecular weight is 587 g/mol. The second kappa shape index (κ2) is 12.4. The molecule has 0 spiro atoms. The summed E-state index contributed by atoms with van der Waals surface area (Å²) in [6.07, 6.45) is 1.37. The minimum atomic E-state index is -3.80. The summed E-state index contributed by atoms with van der Waals surface area (Å²) < 4.78 is 27.8. The van der Waals surface area contributed by atoms with Crippen molar-refractivity contribution >= 4 is 43.5 Å². The third kappa shape index (κ3) is 7.42. The maximum atomic E-state index is 13.9. The standard InChI is InChI=1S/C28H32BrN3O4S/c1-20-9-8-12-25(21(20)2)32(37(4,35)36)19-27(33)31(18-23-13-15-24(29)16-14-23)26(28(34)30-3)17-22-10-6-5-7-11-22/h5-16,26H,17-19H2,1-4H3,(H,30,34)/t26-/m0/s1. The van der Waals surface area contributed by atoms with Gasteiger partial charge in [0.15, 0.2) is 0 Å². The lowest BCUT2D eigenvalue weighted by Gasteiger charge is -2.33. The predicted octanol–water partition coefficient (Wildman–Crippen LogP) is 4.22. The highest BCUT2D eigenvalue weighted by Gasteiger charge is 2.33. The molecule has 37 heavy (non-hydrogen) atoms. The van der Waals surface area contributed by atoms with Gasteiger partial charge in [0.05, 0.1) is 11.9 Å². The third-order valence-corrected chi connectivity index (χ3v) is 7.96. The van der Waals surface area contributed by atoms with Crippen LogP contribution in [-0.2, 0) is 32.6 Å². The van der Waals surface area contributed by atoms with E-state index < -0.39 is 28.5 Å². The first kappa shape index (κ1) is 28.4. The van der Waals surface area contributed by atoms with E-state index in [1.165, 1.54) is 11.9 Å². The number of likely N-dealkylation sites (N-methyl/N-ethyl adjacent to an activating group) is 1. The molecule has 0 aromatic heterocycles. The van der Waals surface area contributed by atoms with Crippen LogP contribution in [0.5, 0.6) is 0 Å². The van der Waals surface area contributed by atoms with Gasteiger partial charge >= 0.3 is 0 Å². The number of anilines is 1. The highest BCUT2D eigenvalue weighted by Crippen LogP contribution is 2.26. The topological polar surface area (TPSA) is 86.8 Å². The summed E-state index contributed by atoms with van der Waals surface area (Å²) in [5, 5.41) is 2.68. The lowest BCUT2D eigenvalue weighted by atomic mass is 10.0. The summed E-state index contributed by atoms with van der Waals surface area (Å²) in [6.45, 7) is 3.43. The number of carbonyl (C=O) groups excluding carboxylic acids is 2. The molecule has 7 nitrogen and oxygen atoms in total. The molecule has 0 saturated carbocycles. The van der Waals surface area contributed by atoms with Gasteiger partial charge in [0.2, 0.25) is 21.8 Å². The predicted molar refractivity (Wildman–Crippen MR) is 151 cm³/mol. The summed E-state index contributed by atoms with van der Waals surface area (Å²) >= 11 is 3.42. The summed E-state index contributed by atoms with van der Waals surface area (Å²) in [6, 6.07) is 21.4. The smallest absolute Gasteiger partial charge is 0.244 e. The molecule has 1 atom stereocenters. The second-order valence-corrected chi connectivity index (χ2v) is 11.8. The largest absolute Gasteiger partial charge is 0.357 e. The van der Waals surface area contributed by atoms with Crippen LogP contribution in [0.3, 0.4) is 0 Å². The van der Waals surface area contributed by atoms with Crippen molar-refractivity contribution in [2.24, 2.45) is 0 Å². The van der Waals surface area contributed by atoms with Crippen molar-refractivity contribution in [2.75, 3.05) is 24.2 Å². The first-order valence-electron chi connectivity index (χ1n) is 11.8. The molecule has 0 saturated heterocycles. The zero-order valence-electron chi connectivity index (χ0n) is 21.4. The van der Waals surface area contributed by atoms with Gasteiger partial charge in [0.1, 0.15) is 12.6 Å². The molecular weight excluding hydrogens is 554 g/mol. The Morgan fingerprint density at radius 2 is 1.57 bits per heavy atom. The van der Waals surface area contributed by atoms with Crippen molar-refractivity contribution in [3.8, 4) is 0 Å². The second-order valence-electron chi connectivity index (χ2n) is 8.96. The van der Waals surface area contributed by atoms with Gasteiger partial charge in [-0.05, 0) is 54.3 Å². The fraction of sp³-hybridized carbons (Fsp3) is 0.286. The Balaban J connectivity index is 2.05. The van der Waals surface area contributed by atoms with Crippen LogP contribution in [0, 0.1) is 13.8 Å². The van der Waals surface area contributed by atoms with Crippen molar-refractivity contribution in [3.63, 3.8) is 0 Å². The van der Waals surface area contributed by atoms with Crippen LogP contribution in [0.4, 0.5) is 5.69 Å². The van der Waals surface area contributed by atoms with Crippen LogP contribution < -0.4 is 9.62 Å². The molecule has 3 rings (SSSR count). The molecule has 0 aliphatic rings. The number of benzene rings is 3. The average Bonchev–Trinajstić information content (AvgIpc) is 2.87. The zero-order chi connectivity index (χ0) is 27.2. The summed E-state index contributed by atoms with van der Waals surface area (Å²) in [5.41, 5.74) is 3.83. The number of amides is 2. The van der Waals surface area contributed by atoms with Crippen molar-refractivity contribution in [1.82, 2.24) is 10.2 Å². The molecule has 3 aromatic carbocycles. The molecule has 0 aliphatic heterocycles. The van der Waals surface area contributed by atoms with E-state index in [-0.39, 0.29) is 18.9 Å². The van der Waals surface area contributed by atoms with Crippen LogP contribution in [0.15, 0.2) is 77.3 Å². The molecule has 0 heterocycles. The Morgan fingerprint density at radius 3 is 2.16 bits per heavy atom. The number of sulfonamides is 1. The number of rotatable bonds is 10. The number of aryl methyl sites for hydroxylation is 1. The van der Waals surface area contributed by atoms with Gasteiger partial charge in [0, 0.05) is 24.5 Å². The molecular formula is C28H32BrN3O4S. The Labute approximate surface area is 227 Å². The van der Waals surface area contributed by atoms with Gasteiger partial charge in [-0.2, -0.15) is 0 Å². The van der Waals surface area contributed by atoms with E-state index in [2.05, 4.69) is 21.2 Å². The summed E-state index contributed by atoms with van der Waals surface area (Å²) in [5.74, 6) is -0.800. The van der Waals surface area contributed by atoms with E-state index in [0.29, 0.717) is 5.69 Å². The number of hydrogen-bond donors (Lipinski definition) is 1. The van der Waals surface area contributed by atoms with E-state index in [1.807, 2.05) is 74.5 Å². The molecule has 2 amide bonds. The number of hydrogen-bond acceptors (Lipinski definition) is 4. The van der Waals surface area contributed by atoms with E-state index in [9.17, 15) is 18.0 Å². The molecule has 1 N–H and O–H groups in total. The highest BCUT2D eigenvalue weighted by atomic mass is 79.9. The molecule has 0 fully saturated rings. The highest BCUT2D eigenvalue weighted by molar-refractivity contribution is 9.10. The first-order valence-corrected chi connectivity index (χ1v) is 14.5. The van der Waals surface area contributed by atoms with E-state index in [4.69, 9.17) is 0 Å². The van der Waals surface area contributed by atoms with E-state index >= 15 is 0 Å². The Hall–Kier alpha value is -3.17. The van der Waals surface area contributed by atoms with Crippen LogP contribution >= 0.6 is 15.9 Å². The van der Waals surface area contributed by atoms with Crippen LogP contribution in [0.2, 0.25) is 0 Å². The number of nitrogens with zero attached hydrogens (tertiary/aromatic N) is 2. The van der Waals surface area contributed by atoms with E-state index in [1.54, 1.807) is 12.1 Å². The minimum Gasteiger partial charge on any atom is -0.357 e. The van der Waals surface area contributed by atoms with Crippen LogP contribution in [0.1, 0.15) is 22.3 Å². The molecule has 0 radical (unpaired) electrons. The molecule has 3 aromatic rings. The maximum Gasteiger partial charge on any atom is 0.244 e. The van der Waals surface area contributed by atoms with Crippen molar-refractivity contribution in [1.29, 1.82) is 0 Å². The lowest BCUT2D eigenvalue weighted by molar-refractivity contribution is -0.139. The molecule has 196 valence electrons. The maximum absolute atomic E-state index is 13.9.